The predicted molar refractivity (Wildman–Crippen MR) is 82.4 cm³/mol. The van der Waals surface area contributed by atoms with Gasteiger partial charge in [-0.2, -0.15) is 0 Å². The van der Waals surface area contributed by atoms with Crippen LogP contribution in [0.1, 0.15) is 24.4 Å². The van der Waals surface area contributed by atoms with Crippen LogP contribution >= 0.6 is 0 Å². The van der Waals surface area contributed by atoms with Crippen LogP contribution in [0.5, 0.6) is 0 Å². The number of nitrogens with zero attached hydrogens (tertiary/aromatic N) is 5. The van der Waals surface area contributed by atoms with Crippen LogP contribution in [0.25, 0.3) is 0 Å². The second-order valence-electron chi connectivity index (χ2n) is 5.41. The number of hydrogen-bond donors (Lipinski definition) is 1. The molecule has 0 bridgehead atoms. The molecule has 21 heavy (non-hydrogen) atoms. The topological polar surface area (TPSA) is 66.8 Å². The molecule has 1 aliphatic rings. The number of aryl methyl sites for hydroxylation is 2. The number of rotatable bonds is 3. The minimum Gasteiger partial charge on any atom is -0.366 e. The minimum atomic E-state index is 0.446. The summed E-state index contributed by atoms with van der Waals surface area (Å²) in [6.45, 7) is 5.95. The summed E-state index contributed by atoms with van der Waals surface area (Å²) in [5, 5.41) is 3.44. The minimum absolute atomic E-state index is 0.446. The highest BCUT2D eigenvalue weighted by atomic mass is 15.2. The van der Waals surface area contributed by atoms with Gasteiger partial charge in [-0.05, 0) is 26.7 Å². The van der Waals surface area contributed by atoms with E-state index in [2.05, 4.69) is 36.2 Å². The smallest absolute Gasteiger partial charge is 0.144 e. The molecule has 3 rings (SSSR count). The summed E-state index contributed by atoms with van der Waals surface area (Å²) in [7, 11) is 0. The summed E-state index contributed by atoms with van der Waals surface area (Å²) in [6.07, 6.45) is 7.30. The van der Waals surface area contributed by atoms with E-state index in [0.29, 0.717) is 6.04 Å². The van der Waals surface area contributed by atoms with Gasteiger partial charge in [0, 0.05) is 43.3 Å². The molecule has 1 N–H and O–H groups in total. The normalized spacial score (nSPS) is 16.0. The lowest BCUT2D eigenvalue weighted by molar-refractivity contribution is 0.521. The molecule has 0 saturated carbocycles. The van der Waals surface area contributed by atoms with Crippen LogP contribution in [0, 0.1) is 13.8 Å². The quantitative estimate of drug-likeness (QED) is 0.929. The van der Waals surface area contributed by atoms with Crippen molar-refractivity contribution in [3.05, 3.63) is 36.2 Å². The Morgan fingerprint density at radius 3 is 2.62 bits per heavy atom. The van der Waals surface area contributed by atoms with Crippen molar-refractivity contribution >= 4 is 11.6 Å². The second kappa shape index (κ2) is 6.03. The number of nitrogens with one attached hydrogen (secondary N) is 1. The molecule has 1 aliphatic heterocycles. The Labute approximate surface area is 124 Å². The van der Waals surface area contributed by atoms with Crippen molar-refractivity contribution in [1.82, 2.24) is 19.9 Å². The summed E-state index contributed by atoms with van der Waals surface area (Å²) in [5.41, 5.74) is 1.03. The maximum atomic E-state index is 4.54. The Hall–Kier alpha value is -2.24. The van der Waals surface area contributed by atoms with Gasteiger partial charge in [-0.3, -0.25) is 4.98 Å². The molecule has 6 nitrogen and oxygen atoms in total. The van der Waals surface area contributed by atoms with E-state index >= 15 is 0 Å². The van der Waals surface area contributed by atoms with E-state index in [1.165, 1.54) is 0 Å². The fraction of sp³-hybridized carbons (Fsp3) is 0.467. The largest absolute Gasteiger partial charge is 0.366 e. The van der Waals surface area contributed by atoms with E-state index in [-0.39, 0.29) is 0 Å². The summed E-state index contributed by atoms with van der Waals surface area (Å²) in [6, 6.07) is 2.51. The van der Waals surface area contributed by atoms with Crippen LogP contribution in [-0.4, -0.2) is 39.1 Å². The van der Waals surface area contributed by atoms with Gasteiger partial charge in [0.1, 0.15) is 17.5 Å². The molecular weight excluding hydrogens is 264 g/mol. The van der Waals surface area contributed by atoms with Gasteiger partial charge in [0.05, 0.1) is 6.20 Å². The first kappa shape index (κ1) is 13.7. The molecular formula is C15H20N6. The number of aromatic nitrogens is 4. The molecule has 0 radical (unpaired) electrons. The summed E-state index contributed by atoms with van der Waals surface area (Å²) >= 11 is 0. The molecule has 2 aromatic heterocycles. The SMILES string of the molecule is Cc1cc(N2CCC(Nc3cnccn3)CC2)nc(C)n1. The Balaban J connectivity index is 1.60. The standard InChI is InChI=1S/C15H20N6/c1-11-9-15(19-12(2)18-11)21-7-3-13(4-8-21)20-14-10-16-5-6-17-14/h5-6,9-10,13H,3-4,7-8H2,1-2H3,(H,17,20). The highest BCUT2D eigenvalue weighted by Crippen LogP contribution is 2.20. The first-order valence-corrected chi connectivity index (χ1v) is 7.30. The maximum Gasteiger partial charge on any atom is 0.144 e. The molecule has 1 saturated heterocycles. The van der Waals surface area contributed by atoms with Crippen molar-refractivity contribution in [3.63, 3.8) is 0 Å². The van der Waals surface area contributed by atoms with E-state index in [4.69, 9.17) is 0 Å². The summed E-state index contributed by atoms with van der Waals surface area (Å²) < 4.78 is 0. The van der Waals surface area contributed by atoms with Crippen LogP contribution < -0.4 is 10.2 Å². The second-order valence-corrected chi connectivity index (χ2v) is 5.41. The van der Waals surface area contributed by atoms with Gasteiger partial charge in [-0.15, -0.1) is 0 Å². The lowest BCUT2D eigenvalue weighted by Crippen LogP contribution is -2.39. The van der Waals surface area contributed by atoms with Crippen LogP contribution in [-0.2, 0) is 0 Å². The zero-order valence-corrected chi connectivity index (χ0v) is 12.5. The highest BCUT2D eigenvalue weighted by Gasteiger charge is 2.20. The highest BCUT2D eigenvalue weighted by molar-refractivity contribution is 5.41. The number of piperidine rings is 1. The van der Waals surface area contributed by atoms with E-state index in [1.54, 1.807) is 18.6 Å². The van der Waals surface area contributed by atoms with Crippen molar-refractivity contribution < 1.29 is 0 Å². The molecule has 3 heterocycles. The van der Waals surface area contributed by atoms with Crippen LogP contribution in [0.15, 0.2) is 24.7 Å². The van der Waals surface area contributed by atoms with Gasteiger partial charge in [-0.1, -0.05) is 0 Å². The van der Waals surface area contributed by atoms with Gasteiger partial charge in [0.25, 0.3) is 0 Å². The summed E-state index contributed by atoms with van der Waals surface area (Å²) in [5.74, 6) is 2.73. The van der Waals surface area contributed by atoms with Gasteiger partial charge in [0.2, 0.25) is 0 Å². The maximum absolute atomic E-state index is 4.54. The molecule has 6 heteroatoms. The molecule has 0 amide bonds. The van der Waals surface area contributed by atoms with Gasteiger partial charge in [0.15, 0.2) is 0 Å². The molecule has 1 fully saturated rings. The van der Waals surface area contributed by atoms with Crippen LogP contribution in [0.3, 0.4) is 0 Å². The first-order valence-electron chi connectivity index (χ1n) is 7.30. The Kier molecular flexibility index (Phi) is 3.94. The van der Waals surface area contributed by atoms with Crippen LogP contribution in [0.2, 0.25) is 0 Å². The number of anilines is 2. The Morgan fingerprint density at radius 2 is 1.95 bits per heavy atom. The molecule has 0 unspecified atom stereocenters. The average Bonchev–Trinajstić information content (AvgIpc) is 2.48. The van der Waals surface area contributed by atoms with E-state index in [9.17, 15) is 0 Å². The summed E-state index contributed by atoms with van der Waals surface area (Å²) in [4.78, 5) is 19.5. The Bertz CT molecular complexity index is 572. The zero-order chi connectivity index (χ0) is 14.7. The lowest BCUT2D eigenvalue weighted by Gasteiger charge is -2.33. The van der Waals surface area contributed by atoms with E-state index in [0.717, 1.165) is 49.1 Å². The molecule has 0 atom stereocenters. The lowest BCUT2D eigenvalue weighted by atomic mass is 10.1. The zero-order valence-electron chi connectivity index (χ0n) is 12.5. The third-order valence-electron chi connectivity index (χ3n) is 3.69. The van der Waals surface area contributed by atoms with E-state index in [1.807, 2.05) is 13.8 Å². The van der Waals surface area contributed by atoms with Crippen LogP contribution in [0.4, 0.5) is 11.6 Å². The van der Waals surface area contributed by atoms with Gasteiger partial charge < -0.3 is 10.2 Å². The van der Waals surface area contributed by atoms with E-state index < -0.39 is 0 Å². The fourth-order valence-electron chi connectivity index (χ4n) is 2.70. The average molecular weight is 284 g/mol. The van der Waals surface area contributed by atoms with Crippen molar-refractivity contribution in [3.8, 4) is 0 Å². The molecule has 0 aliphatic carbocycles. The molecule has 0 aromatic carbocycles. The van der Waals surface area contributed by atoms with Crippen molar-refractivity contribution in [2.45, 2.75) is 32.7 Å². The fourth-order valence-corrected chi connectivity index (χ4v) is 2.70. The van der Waals surface area contributed by atoms with Gasteiger partial charge in [-0.25, -0.2) is 15.0 Å². The molecule has 2 aromatic rings. The van der Waals surface area contributed by atoms with Crippen molar-refractivity contribution in [2.75, 3.05) is 23.3 Å². The third-order valence-corrected chi connectivity index (χ3v) is 3.69. The van der Waals surface area contributed by atoms with Gasteiger partial charge >= 0.3 is 0 Å². The molecule has 110 valence electrons. The van der Waals surface area contributed by atoms with Crippen molar-refractivity contribution in [2.24, 2.45) is 0 Å². The molecule has 0 spiro atoms. The first-order chi connectivity index (χ1) is 10.2. The Morgan fingerprint density at radius 1 is 1.14 bits per heavy atom. The third kappa shape index (κ3) is 3.45. The predicted octanol–water partition coefficient (Wildman–Crippen LogP) is 1.96. The van der Waals surface area contributed by atoms with Crippen molar-refractivity contribution in [1.29, 1.82) is 0 Å². The monoisotopic (exact) mass is 284 g/mol. The number of hydrogen-bond acceptors (Lipinski definition) is 6.